The molecule has 2 rings (SSSR count). The molecule has 0 aromatic heterocycles. The Kier molecular flexibility index (Phi) is 1.62. The summed E-state index contributed by atoms with van der Waals surface area (Å²) in [4.78, 5) is 0. The lowest BCUT2D eigenvalue weighted by Gasteiger charge is -1.96. The second-order valence-electron chi connectivity index (χ2n) is 3.55. The molecule has 0 aliphatic heterocycles. The lowest BCUT2D eigenvalue weighted by atomic mass is 10.1. The molecule has 0 heterocycles. The molecule has 12 heavy (non-hydrogen) atoms. The summed E-state index contributed by atoms with van der Waals surface area (Å²) >= 11 is 0. The average Bonchev–Trinajstić information content (AvgIpc) is 2.83. The number of hydrogen-bond acceptors (Lipinski definition) is 1. The SMILES string of the molecule is C[C@H]1C[C@@H]1c1ccc(C#N)cc1. The van der Waals surface area contributed by atoms with Crippen molar-refractivity contribution >= 4 is 0 Å². The minimum Gasteiger partial charge on any atom is -0.192 e. The van der Waals surface area contributed by atoms with Gasteiger partial charge in [-0.05, 0) is 36.0 Å². The van der Waals surface area contributed by atoms with Crippen LogP contribution in [0.1, 0.15) is 30.4 Å². The Morgan fingerprint density at radius 2 is 1.92 bits per heavy atom. The molecule has 1 fully saturated rings. The van der Waals surface area contributed by atoms with E-state index in [-0.39, 0.29) is 0 Å². The third-order valence-electron chi connectivity index (χ3n) is 2.58. The van der Waals surface area contributed by atoms with Crippen LogP contribution in [0.25, 0.3) is 0 Å². The molecule has 1 aromatic rings. The van der Waals surface area contributed by atoms with E-state index < -0.39 is 0 Å². The summed E-state index contributed by atoms with van der Waals surface area (Å²) in [5, 5.41) is 8.58. The van der Waals surface area contributed by atoms with E-state index in [9.17, 15) is 0 Å². The molecule has 1 aliphatic carbocycles. The average molecular weight is 157 g/mol. The van der Waals surface area contributed by atoms with E-state index in [1.165, 1.54) is 12.0 Å². The van der Waals surface area contributed by atoms with Gasteiger partial charge in [0.2, 0.25) is 0 Å². The van der Waals surface area contributed by atoms with Gasteiger partial charge in [0, 0.05) is 0 Å². The fourth-order valence-electron chi connectivity index (χ4n) is 1.59. The molecule has 0 bridgehead atoms. The zero-order chi connectivity index (χ0) is 8.55. The zero-order valence-electron chi connectivity index (χ0n) is 7.12. The molecule has 1 heteroatoms. The number of hydrogen-bond donors (Lipinski definition) is 0. The highest BCUT2D eigenvalue weighted by Gasteiger charge is 2.33. The summed E-state index contributed by atoms with van der Waals surface area (Å²) < 4.78 is 0. The van der Waals surface area contributed by atoms with Gasteiger partial charge in [0.25, 0.3) is 0 Å². The van der Waals surface area contributed by atoms with E-state index in [0.29, 0.717) is 0 Å². The van der Waals surface area contributed by atoms with Crippen LogP contribution in [0.15, 0.2) is 24.3 Å². The summed E-state index contributed by atoms with van der Waals surface area (Å²) in [5.41, 5.74) is 2.15. The van der Waals surface area contributed by atoms with E-state index in [1.807, 2.05) is 12.1 Å². The van der Waals surface area contributed by atoms with Crippen molar-refractivity contribution in [3.8, 4) is 6.07 Å². The zero-order valence-corrected chi connectivity index (χ0v) is 7.12. The van der Waals surface area contributed by atoms with Crippen molar-refractivity contribution in [2.24, 2.45) is 5.92 Å². The Morgan fingerprint density at radius 3 is 2.33 bits per heavy atom. The molecule has 2 atom stereocenters. The van der Waals surface area contributed by atoms with Crippen molar-refractivity contribution in [2.45, 2.75) is 19.3 Å². The smallest absolute Gasteiger partial charge is 0.0991 e. The van der Waals surface area contributed by atoms with Crippen LogP contribution in [0.5, 0.6) is 0 Å². The van der Waals surface area contributed by atoms with Crippen LogP contribution >= 0.6 is 0 Å². The van der Waals surface area contributed by atoms with Gasteiger partial charge in [0.15, 0.2) is 0 Å². The summed E-state index contributed by atoms with van der Waals surface area (Å²) in [6.45, 7) is 2.27. The van der Waals surface area contributed by atoms with E-state index in [1.54, 1.807) is 0 Å². The number of rotatable bonds is 1. The topological polar surface area (TPSA) is 23.8 Å². The molecule has 1 saturated carbocycles. The molecule has 1 aromatic carbocycles. The third-order valence-corrected chi connectivity index (χ3v) is 2.58. The molecule has 1 nitrogen and oxygen atoms in total. The summed E-state index contributed by atoms with van der Waals surface area (Å²) in [5.74, 6) is 1.61. The van der Waals surface area contributed by atoms with Crippen LogP contribution in [0.2, 0.25) is 0 Å². The minimum atomic E-state index is 0.757. The Bertz CT molecular complexity index is 318. The third kappa shape index (κ3) is 1.21. The van der Waals surface area contributed by atoms with Crippen molar-refractivity contribution in [2.75, 3.05) is 0 Å². The number of nitriles is 1. The predicted octanol–water partition coefficient (Wildman–Crippen LogP) is 2.68. The maximum atomic E-state index is 8.58. The molecular weight excluding hydrogens is 146 g/mol. The van der Waals surface area contributed by atoms with Gasteiger partial charge in [-0.15, -0.1) is 0 Å². The predicted molar refractivity (Wildman–Crippen MR) is 47.7 cm³/mol. The van der Waals surface area contributed by atoms with Crippen molar-refractivity contribution in [3.63, 3.8) is 0 Å². The molecule has 0 amide bonds. The molecule has 1 aliphatic rings. The molecule has 0 N–H and O–H groups in total. The van der Waals surface area contributed by atoms with Gasteiger partial charge in [-0.25, -0.2) is 0 Å². The van der Waals surface area contributed by atoms with Crippen LogP contribution in [0, 0.1) is 17.2 Å². The fraction of sp³-hybridized carbons (Fsp3) is 0.364. The first-order valence-corrected chi connectivity index (χ1v) is 4.31. The Hall–Kier alpha value is -1.29. The number of nitrogens with zero attached hydrogens (tertiary/aromatic N) is 1. The molecule has 0 saturated heterocycles. The highest BCUT2D eigenvalue weighted by Crippen LogP contribution is 2.46. The monoisotopic (exact) mass is 157 g/mol. The van der Waals surface area contributed by atoms with Crippen molar-refractivity contribution in [3.05, 3.63) is 35.4 Å². The summed E-state index contributed by atoms with van der Waals surface area (Å²) in [6, 6.07) is 10.1. The first kappa shape index (κ1) is 7.36. The van der Waals surface area contributed by atoms with Crippen LogP contribution in [-0.4, -0.2) is 0 Å². The largest absolute Gasteiger partial charge is 0.192 e. The van der Waals surface area contributed by atoms with Gasteiger partial charge in [-0.1, -0.05) is 19.1 Å². The molecular formula is C11H11N. The van der Waals surface area contributed by atoms with Gasteiger partial charge in [0.05, 0.1) is 11.6 Å². The lowest BCUT2D eigenvalue weighted by Crippen LogP contribution is -1.81. The summed E-state index contributed by atoms with van der Waals surface area (Å²) in [6.07, 6.45) is 1.31. The van der Waals surface area contributed by atoms with Crippen LogP contribution in [0.4, 0.5) is 0 Å². The molecule has 0 unspecified atom stereocenters. The Morgan fingerprint density at radius 1 is 1.33 bits per heavy atom. The van der Waals surface area contributed by atoms with Crippen LogP contribution < -0.4 is 0 Å². The van der Waals surface area contributed by atoms with Crippen molar-refractivity contribution in [1.29, 1.82) is 5.26 Å². The minimum absolute atomic E-state index is 0.757. The second kappa shape index (κ2) is 2.64. The standard InChI is InChI=1S/C11H11N/c1-8-6-11(8)10-4-2-9(7-12)3-5-10/h2-5,8,11H,6H2,1H3/t8-,11-/m0/s1. The van der Waals surface area contributed by atoms with E-state index in [2.05, 4.69) is 25.1 Å². The molecule has 0 radical (unpaired) electrons. The quantitative estimate of drug-likeness (QED) is 0.614. The van der Waals surface area contributed by atoms with Gasteiger partial charge < -0.3 is 0 Å². The maximum absolute atomic E-state index is 8.58. The molecule has 0 spiro atoms. The summed E-state index contributed by atoms with van der Waals surface area (Å²) in [7, 11) is 0. The van der Waals surface area contributed by atoms with Crippen LogP contribution in [-0.2, 0) is 0 Å². The first-order chi connectivity index (χ1) is 5.81. The second-order valence-corrected chi connectivity index (χ2v) is 3.55. The Labute approximate surface area is 72.6 Å². The van der Waals surface area contributed by atoms with Gasteiger partial charge in [-0.2, -0.15) is 5.26 Å². The van der Waals surface area contributed by atoms with Gasteiger partial charge >= 0.3 is 0 Å². The molecule has 60 valence electrons. The van der Waals surface area contributed by atoms with Crippen LogP contribution in [0.3, 0.4) is 0 Å². The fourth-order valence-corrected chi connectivity index (χ4v) is 1.59. The van der Waals surface area contributed by atoms with Crippen molar-refractivity contribution in [1.82, 2.24) is 0 Å². The highest BCUT2D eigenvalue weighted by molar-refractivity contribution is 5.34. The van der Waals surface area contributed by atoms with E-state index in [4.69, 9.17) is 5.26 Å². The normalized spacial score (nSPS) is 26.3. The van der Waals surface area contributed by atoms with Crippen molar-refractivity contribution < 1.29 is 0 Å². The first-order valence-electron chi connectivity index (χ1n) is 4.31. The van der Waals surface area contributed by atoms with Gasteiger partial charge in [-0.3, -0.25) is 0 Å². The van der Waals surface area contributed by atoms with E-state index in [0.717, 1.165) is 17.4 Å². The lowest BCUT2D eigenvalue weighted by molar-refractivity contribution is 0.914. The number of benzene rings is 1. The van der Waals surface area contributed by atoms with E-state index >= 15 is 0 Å². The highest BCUT2D eigenvalue weighted by atomic mass is 14.4. The van der Waals surface area contributed by atoms with Gasteiger partial charge in [0.1, 0.15) is 0 Å². The maximum Gasteiger partial charge on any atom is 0.0991 e. The Balaban J connectivity index is 2.21.